The maximum absolute atomic E-state index is 2.63. The molecule has 0 atom stereocenters. The van der Waals surface area contributed by atoms with Gasteiger partial charge >= 0.3 is 0 Å². The van der Waals surface area contributed by atoms with Gasteiger partial charge in [0.15, 0.2) is 8.07 Å². The minimum absolute atomic E-state index is 0.108. The van der Waals surface area contributed by atoms with Gasteiger partial charge in [-0.2, -0.15) is 0 Å². The van der Waals surface area contributed by atoms with Crippen molar-refractivity contribution in [1.29, 1.82) is 0 Å². The predicted molar refractivity (Wildman–Crippen MR) is 250 cm³/mol. The molecule has 0 N–H and O–H groups in total. The third kappa shape index (κ3) is 5.33. The summed E-state index contributed by atoms with van der Waals surface area (Å²) in [5.74, 6) is 0. The largest absolute Gasteiger partial charge is 0.310 e. The zero-order valence-electron chi connectivity index (χ0n) is 32.0. The molecule has 9 aromatic carbocycles. The van der Waals surface area contributed by atoms with Gasteiger partial charge in [-0.1, -0.05) is 192 Å². The van der Waals surface area contributed by atoms with Crippen LogP contribution in [0.5, 0.6) is 0 Å². The normalized spacial score (nSPS) is 12.9. The van der Waals surface area contributed by atoms with E-state index in [2.05, 4.69) is 246 Å². The molecule has 58 heavy (non-hydrogen) atoms. The summed E-state index contributed by atoms with van der Waals surface area (Å²) in [6, 6.07) is 87.5. The fraction of sp³-hybridized carbons (Fsp3) is 0. The Morgan fingerprint density at radius 2 is 0.828 bits per heavy atom. The lowest BCUT2D eigenvalue weighted by Gasteiger charge is -2.42. The van der Waals surface area contributed by atoms with Crippen LogP contribution in [0.4, 0.5) is 17.1 Å². The summed E-state index contributed by atoms with van der Waals surface area (Å²) in [6.07, 6.45) is 0. The summed E-state index contributed by atoms with van der Waals surface area (Å²) in [7, 11) is -2.63. The van der Waals surface area contributed by atoms with Crippen molar-refractivity contribution in [1.82, 2.24) is 4.57 Å². The molecule has 2 heterocycles. The standard InChI is InChI=1S/C54H39BN2Si/c1-5-19-41(20-6-1)56(42-21-7-2-8-22-42)44-37-38-52-48(39-44)47-27-13-16-30-51(47)57(52)43-35-33-40(34-36-43)55-49-28-14-17-31-53(49)58(45-23-9-3-10-24-45,46-25-11-4-12-26-46)54-32-18-15-29-50(54)55/h1-39H. The van der Waals surface area contributed by atoms with Crippen LogP contribution in [0.3, 0.4) is 0 Å². The Morgan fingerprint density at radius 1 is 0.362 bits per heavy atom. The molecule has 11 rings (SSSR count). The quantitative estimate of drug-likeness (QED) is 0.148. The van der Waals surface area contributed by atoms with Gasteiger partial charge in [0.05, 0.1) is 11.0 Å². The first-order chi connectivity index (χ1) is 28.8. The highest BCUT2D eigenvalue weighted by molar-refractivity contribution is 7.26. The number of para-hydroxylation sites is 3. The average Bonchev–Trinajstić information content (AvgIpc) is 3.63. The molecule has 0 saturated carbocycles. The fourth-order valence-corrected chi connectivity index (χ4v) is 15.1. The number of fused-ring (bicyclic) bond motifs is 5. The van der Waals surface area contributed by atoms with Crippen LogP contribution in [-0.4, -0.2) is 19.4 Å². The van der Waals surface area contributed by atoms with Gasteiger partial charge in [0.25, 0.3) is 0 Å². The van der Waals surface area contributed by atoms with E-state index in [-0.39, 0.29) is 6.71 Å². The van der Waals surface area contributed by atoms with Crippen LogP contribution in [0.25, 0.3) is 27.5 Å². The Labute approximate surface area is 341 Å². The third-order valence-corrected chi connectivity index (χ3v) is 17.1. The topological polar surface area (TPSA) is 8.17 Å². The summed E-state index contributed by atoms with van der Waals surface area (Å²) in [6.45, 7) is 0.108. The van der Waals surface area contributed by atoms with E-state index < -0.39 is 8.07 Å². The summed E-state index contributed by atoms with van der Waals surface area (Å²) in [4.78, 5) is 2.34. The lowest BCUT2D eigenvalue weighted by atomic mass is 9.36. The van der Waals surface area contributed by atoms with Gasteiger partial charge in [-0.25, -0.2) is 0 Å². The molecule has 0 saturated heterocycles. The summed E-state index contributed by atoms with van der Waals surface area (Å²) in [5, 5.41) is 8.24. The van der Waals surface area contributed by atoms with E-state index in [1.807, 2.05) is 0 Å². The molecule has 4 heteroatoms. The van der Waals surface area contributed by atoms with Gasteiger partial charge in [0, 0.05) is 33.5 Å². The second-order valence-electron chi connectivity index (χ2n) is 15.2. The average molecular weight is 755 g/mol. The third-order valence-electron chi connectivity index (χ3n) is 12.2. The minimum atomic E-state index is -2.63. The van der Waals surface area contributed by atoms with Crippen molar-refractivity contribution in [3.63, 3.8) is 0 Å². The Morgan fingerprint density at radius 3 is 1.40 bits per heavy atom. The molecule has 272 valence electrons. The number of aromatic nitrogens is 1. The van der Waals surface area contributed by atoms with Gasteiger partial charge in [-0.05, 0) is 81.4 Å². The van der Waals surface area contributed by atoms with Gasteiger partial charge < -0.3 is 9.47 Å². The molecule has 1 aliphatic heterocycles. The van der Waals surface area contributed by atoms with E-state index in [9.17, 15) is 0 Å². The fourth-order valence-electron chi connectivity index (χ4n) is 9.81. The van der Waals surface area contributed by atoms with Crippen LogP contribution < -0.4 is 42.0 Å². The molecule has 0 spiro atoms. The molecule has 1 aliphatic rings. The highest BCUT2D eigenvalue weighted by Crippen LogP contribution is 2.39. The first-order valence-electron chi connectivity index (χ1n) is 20.1. The van der Waals surface area contributed by atoms with Gasteiger partial charge in [0.1, 0.15) is 0 Å². The molecule has 0 unspecified atom stereocenters. The van der Waals surface area contributed by atoms with E-state index in [1.54, 1.807) is 0 Å². The Hall–Kier alpha value is -7.14. The number of rotatable bonds is 7. The van der Waals surface area contributed by atoms with E-state index >= 15 is 0 Å². The molecular weight excluding hydrogens is 716 g/mol. The van der Waals surface area contributed by atoms with E-state index in [0.29, 0.717) is 0 Å². The maximum atomic E-state index is 2.43. The highest BCUT2D eigenvalue weighted by Gasteiger charge is 2.49. The van der Waals surface area contributed by atoms with E-state index in [4.69, 9.17) is 0 Å². The molecule has 10 aromatic rings. The molecule has 0 fully saturated rings. The summed E-state index contributed by atoms with van der Waals surface area (Å²) in [5.41, 5.74) is 11.0. The van der Waals surface area contributed by atoms with Gasteiger partial charge in [0.2, 0.25) is 6.71 Å². The van der Waals surface area contributed by atoms with Crippen molar-refractivity contribution >= 4 is 90.8 Å². The zero-order chi connectivity index (χ0) is 38.5. The van der Waals surface area contributed by atoms with Crippen LogP contribution >= 0.6 is 0 Å². The van der Waals surface area contributed by atoms with Gasteiger partial charge in [-0.3, -0.25) is 0 Å². The second-order valence-corrected chi connectivity index (χ2v) is 19.0. The lowest BCUT2D eigenvalue weighted by molar-refractivity contribution is 1.18. The van der Waals surface area contributed by atoms with E-state index in [0.717, 1.165) is 22.7 Å². The molecule has 0 radical (unpaired) electrons. The van der Waals surface area contributed by atoms with Crippen molar-refractivity contribution in [3.8, 4) is 5.69 Å². The van der Waals surface area contributed by atoms with Crippen molar-refractivity contribution in [3.05, 3.63) is 237 Å². The number of benzene rings is 9. The molecule has 0 amide bonds. The molecule has 0 aliphatic carbocycles. The van der Waals surface area contributed by atoms with Crippen LogP contribution in [0.1, 0.15) is 0 Å². The smallest absolute Gasteiger partial charge is 0.240 e. The summed E-state index contributed by atoms with van der Waals surface area (Å²) >= 11 is 0. The second kappa shape index (κ2) is 14.1. The van der Waals surface area contributed by atoms with Crippen molar-refractivity contribution in [2.75, 3.05) is 4.90 Å². The molecule has 2 nitrogen and oxygen atoms in total. The van der Waals surface area contributed by atoms with Crippen molar-refractivity contribution < 1.29 is 0 Å². The maximum Gasteiger partial charge on any atom is 0.240 e. The molecule has 1 aromatic heterocycles. The van der Waals surface area contributed by atoms with Crippen molar-refractivity contribution in [2.45, 2.75) is 0 Å². The Kier molecular flexibility index (Phi) is 8.30. The predicted octanol–water partition coefficient (Wildman–Crippen LogP) is 8.46. The number of hydrogen-bond donors (Lipinski definition) is 0. The Balaban J connectivity index is 1.06. The van der Waals surface area contributed by atoms with Crippen LogP contribution in [0, 0.1) is 0 Å². The SMILES string of the molecule is c1ccc(N(c2ccccc2)c2ccc3c(c2)c2ccccc2n3-c2ccc(B3c4ccccc4[Si](c4ccccc4)(c4ccccc4)c4ccccc43)cc2)cc1. The minimum Gasteiger partial charge on any atom is -0.310 e. The first-order valence-corrected chi connectivity index (χ1v) is 22.1. The highest BCUT2D eigenvalue weighted by atomic mass is 28.3. The number of hydrogen-bond acceptors (Lipinski definition) is 1. The van der Waals surface area contributed by atoms with Gasteiger partial charge in [-0.15, -0.1) is 0 Å². The summed E-state index contributed by atoms with van der Waals surface area (Å²) < 4.78 is 2.43. The van der Waals surface area contributed by atoms with Crippen LogP contribution in [0.2, 0.25) is 0 Å². The van der Waals surface area contributed by atoms with Crippen molar-refractivity contribution in [2.24, 2.45) is 0 Å². The van der Waals surface area contributed by atoms with Crippen LogP contribution in [-0.2, 0) is 0 Å². The van der Waals surface area contributed by atoms with E-state index in [1.165, 1.54) is 58.9 Å². The molecular formula is C54H39BN2Si. The number of nitrogens with zero attached hydrogens (tertiary/aromatic N) is 2. The lowest BCUT2D eigenvalue weighted by Crippen LogP contribution is -2.86. The zero-order valence-corrected chi connectivity index (χ0v) is 33.0. The monoisotopic (exact) mass is 754 g/mol. The number of anilines is 3. The molecule has 0 bridgehead atoms. The Bertz CT molecular complexity index is 2930. The van der Waals surface area contributed by atoms with Crippen LogP contribution in [0.15, 0.2) is 237 Å². The first kappa shape index (κ1) is 34.1.